The van der Waals surface area contributed by atoms with Gasteiger partial charge in [0.15, 0.2) is 27.3 Å². The first-order valence-electron chi connectivity index (χ1n) is 12.9. The molecule has 3 N–H and O–H groups in total. The van der Waals surface area contributed by atoms with E-state index in [1.165, 1.54) is 18.3 Å². The van der Waals surface area contributed by atoms with Crippen molar-refractivity contribution in [1.82, 2.24) is 0 Å². The summed E-state index contributed by atoms with van der Waals surface area (Å²) in [5, 5.41) is 23.0. The Kier molecular flexibility index (Phi) is 7.88. The van der Waals surface area contributed by atoms with Gasteiger partial charge in [-0.1, -0.05) is 41.9 Å². The number of fused-ring (bicyclic) bond motifs is 2. The van der Waals surface area contributed by atoms with Gasteiger partial charge in [-0.25, -0.2) is 21.6 Å². The number of nitrogens with one attached hydrogen (secondary N) is 1. The van der Waals surface area contributed by atoms with Crippen molar-refractivity contribution in [1.29, 1.82) is 0 Å². The third kappa shape index (κ3) is 5.98. The molecular weight excluding hydrogens is 581 g/mol. The molecule has 4 atom stereocenters. The number of carbonyl (C=O) groups is 1. The molecule has 0 aromatic heterocycles. The Labute approximate surface area is 239 Å². The number of anilines is 1. The van der Waals surface area contributed by atoms with Gasteiger partial charge in [-0.2, -0.15) is 0 Å². The Morgan fingerprint density at radius 2 is 1.63 bits per heavy atom. The second kappa shape index (κ2) is 11.1. The van der Waals surface area contributed by atoms with Crippen LogP contribution in [0.4, 0.5) is 18.9 Å². The summed E-state index contributed by atoms with van der Waals surface area (Å²) < 4.78 is 69.1. The first-order valence-corrected chi connectivity index (χ1v) is 14.9. The van der Waals surface area contributed by atoms with Gasteiger partial charge in [-0.05, 0) is 60.5 Å². The number of nitrogens with zero attached hydrogens (tertiary/aromatic N) is 1. The Hall–Kier alpha value is -3.41. The number of hydroxylamine groups is 1. The molecule has 1 amide bonds. The first-order chi connectivity index (χ1) is 19.4. The summed E-state index contributed by atoms with van der Waals surface area (Å²) in [7, 11) is -4.09. The summed E-state index contributed by atoms with van der Waals surface area (Å²) in [4.78, 5) is 12.5. The quantitative estimate of drug-likeness (QED) is 0.110. The number of sulfone groups is 1. The molecule has 41 heavy (non-hydrogen) atoms. The molecule has 0 spiro atoms. The number of hydrogen-bond donors (Lipinski definition) is 3. The fourth-order valence-electron chi connectivity index (χ4n) is 6.12. The van der Waals surface area contributed by atoms with Gasteiger partial charge in [0.25, 0.3) is 5.91 Å². The predicted molar refractivity (Wildman–Crippen MR) is 145 cm³/mol. The summed E-state index contributed by atoms with van der Waals surface area (Å²) in [6, 6.07) is 14.0. The molecule has 0 aliphatic heterocycles. The summed E-state index contributed by atoms with van der Waals surface area (Å²) >= 11 is 6.29. The highest BCUT2D eigenvalue weighted by atomic mass is 35.5. The van der Waals surface area contributed by atoms with Crippen molar-refractivity contribution in [2.75, 3.05) is 5.32 Å². The summed E-state index contributed by atoms with van der Waals surface area (Å²) in [6.45, 7) is 0.155. The largest absolute Gasteiger partial charge is 0.379 e. The molecular formula is C29H27ClF3N2O5S+. The molecule has 1 unspecified atom stereocenters. The van der Waals surface area contributed by atoms with E-state index in [9.17, 15) is 36.7 Å². The van der Waals surface area contributed by atoms with Gasteiger partial charge in [-0.15, -0.1) is 0 Å². The number of aliphatic hydroxyl groups is 1. The molecule has 7 nitrogen and oxygen atoms in total. The minimum Gasteiger partial charge on any atom is -0.379 e. The number of amides is 1. The Morgan fingerprint density at radius 1 is 1.02 bits per heavy atom. The van der Waals surface area contributed by atoms with Crippen LogP contribution in [0.15, 0.2) is 65.6 Å². The lowest BCUT2D eigenvalue weighted by Gasteiger charge is -2.37. The van der Waals surface area contributed by atoms with E-state index < -0.39 is 55.9 Å². The van der Waals surface area contributed by atoms with Gasteiger partial charge in [0.2, 0.25) is 12.8 Å². The average Bonchev–Trinajstić information content (AvgIpc) is 3.20. The van der Waals surface area contributed by atoms with Crippen LogP contribution in [-0.2, 0) is 16.4 Å². The molecule has 2 fully saturated rings. The van der Waals surface area contributed by atoms with Gasteiger partial charge in [0, 0.05) is 28.9 Å². The van der Waals surface area contributed by atoms with Crippen LogP contribution in [0.3, 0.4) is 0 Å². The number of halogens is 4. The van der Waals surface area contributed by atoms with Crippen LogP contribution in [0.2, 0.25) is 5.02 Å². The smallest absolute Gasteiger partial charge is 0.255 e. The van der Waals surface area contributed by atoms with Crippen LogP contribution < -0.4 is 5.32 Å². The van der Waals surface area contributed by atoms with E-state index in [0.717, 1.165) is 16.4 Å². The van der Waals surface area contributed by atoms with Crippen LogP contribution >= 0.6 is 11.6 Å². The fourth-order valence-corrected chi connectivity index (χ4v) is 8.96. The normalized spacial score (nSPS) is 24.3. The maximum atomic E-state index is 13.9. The van der Waals surface area contributed by atoms with Crippen molar-refractivity contribution in [2.24, 2.45) is 11.8 Å². The second-order valence-electron chi connectivity index (χ2n) is 10.7. The zero-order valence-electron chi connectivity index (χ0n) is 21.6. The second-order valence-corrected chi connectivity index (χ2v) is 13.2. The van der Waals surface area contributed by atoms with Crippen LogP contribution in [-0.4, -0.2) is 46.4 Å². The van der Waals surface area contributed by atoms with E-state index in [0.29, 0.717) is 25.0 Å². The number of benzene rings is 3. The molecule has 2 aliphatic carbocycles. The first kappa shape index (κ1) is 29.1. The third-order valence-electron chi connectivity index (χ3n) is 7.75. The van der Waals surface area contributed by atoms with Crippen molar-refractivity contribution in [2.45, 2.75) is 48.0 Å². The van der Waals surface area contributed by atoms with E-state index in [1.54, 1.807) is 0 Å². The van der Waals surface area contributed by atoms with E-state index in [1.807, 2.05) is 30.3 Å². The molecule has 0 saturated heterocycles. The standard InChI is InChI=1S/C29H26ClF3N2O5S/c30-22-9-8-18(28(36)34-21-11-23(31)26(33)24(32)12-21)10-25(22)41(39,40)27-19-6-7-20(27)14-29(37,13-19)16-35(38)15-17-4-2-1-3-5-17/h1-5,8-12,16,19-20,27,37H,6-7,13-15H2,(H-,34,36,38)/p+1/b35-16-/t19-,20?,27+,29+/m0/s1. The van der Waals surface area contributed by atoms with Gasteiger partial charge in [0.05, 0.1) is 15.2 Å². The molecule has 216 valence electrons. The monoisotopic (exact) mass is 607 g/mol. The van der Waals surface area contributed by atoms with Crippen molar-refractivity contribution < 1.29 is 41.4 Å². The van der Waals surface area contributed by atoms with Crippen LogP contribution in [0.1, 0.15) is 41.6 Å². The molecule has 5 rings (SSSR count). The molecule has 2 saturated carbocycles. The van der Waals surface area contributed by atoms with Crippen molar-refractivity contribution in [3.05, 3.63) is 94.3 Å². The molecule has 2 bridgehead atoms. The van der Waals surface area contributed by atoms with Gasteiger partial charge in [0.1, 0.15) is 5.60 Å². The summed E-state index contributed by atoms with van der Waals surface area (Å²) in [6.07, 6.45) is 2.66. The Morgan fingerprint density at radius 3 is 2.24 bits per heavy atom. The topological polar surface area (TPSA) is 107 Å². The van der Waals surface area contributed by atoms with E-state index >= 15 is 0 Å². The lowest BCUT2D eigenvalue weighted by molar-refractivity contribution is -0.785. The summed E-state index contributed by atoms with van der Waals surface area (Å²) in [5.74, 6) is -6.39. The van der Waals surface area contributed by atoms with E-state index in [-0.39, 0.29) is 40.6 Å². The number of hydrogen-bond acceptors (Lipinski definition) is 5. The SMILES string of the molecule is O=C(Nc1cc(F)c(F)c(F)c1)c1ccc(Cl)c(S(=O)(=O)[C@H]2C3CC[C@H]2C[C@](O)(/C=[N+](\O)Cc2ccccc2)C3)c1. The Bertz CT molecular complexity index is 1600. The van der Waals surface area contributed by atoms with Crippen LogP contribution in [0.5, 0.6) is 0 Å². The minimum atomic E-state index is -4.09. The lowest BCUT2D eigenvalue weighted by Crippen LogP contribution is -2.48. The van der Waals surface area contributed by atoms with Crippen molar-refractivity contribution >= 4 is 39.2 Å². The van der Waals surface area contributed by atoms with E-state index in [4.69, 9.17) is 11.6 Å². The third-order valence-corrected chi connectivity index (χ3v) is 10.6. The van der Waals surface area contributed by atoms with Crippen molar-refractivity contribution in [3.8, 4) is 0 Å². The van der Waals surface area contributed by atoms with Gasteiger partial charge in [-0.3, -0.25) is 10.0 Å². The fraction of sp³-hybridized carbons (Fsp3) is 0.310. The zero-order chi connectivity index (χ0) is 29.5. The van der Waals surface area contributed by atoms with Crippen LogP contribution in [0, 0.1) is 29.3 Å². The highest BCUT2D eigenvalue weighted by molar-refractivity contribution is 7.92. The maximum Gasteiger partial charge on any atom is 0.255 e. The molecule has 0 heterocycles. The molecule has 0 radical (unpaired) electrons. The highest BCUT2D eigenvalue weighted by Gasteiger charge is 2.55. The van der Waals surface area contributed by atoms with E-state index in [2.05, 4.69) is 5.32 Å². The minimum absolute atomic E-state index is 0.100. The predicted octanol–water partition coefficient (Wildman–Crippen LogP) is 5.38. The maximum absolute atomic E-state index is 13.9. The van der Waals surface area contributed by atoms with Gasteiger partial charge >= 0.3 is 0 Å². The highest BCUT2D eigenvalue weighted by Crippen LogP contribution is 2.51. The number of carbonyl (C=O) groups excluding carboxylic acids is 1. The molecule has 3 aromatic rings. The molecule has 2 aliphatic rings. The number of rotatable bonds is 7. The molecule has 3 aromatic carbocycles. The Balaban J connectivity index is 1.36. The molecule has 12 heteroatoms. The van der Waals surface area contributed by atoms with Crippen molar-refractivity contribution in [3.63, 3.8) is 0 Å². The van der Waals surface area contributed by atoms with Crippen LogP contribution in [0.25, 0.3) is 0 Å². The average molecular weight is 608 g/mol. The summed E-state index contributed by atoms with van der Waals surface area (Å²) in [5.41, 5.74) is -1.06. The van der Waals surface area contributed by atoms with Gasteiger partial charge < -0.3 is 10.4 Å². The zero-order valence-corrected chi connectivity index (χ0v) is 23.2. The lowest BCUT2D eigenvalue weighted by atomic mass is 9.78.